The fraction of sp³-hybridized carbons (Fsp3) is 0.474. The number of methoxy groups -OCH3 is 1. The molecule has 1 N–H and O–H groups in total. The first-order valence-electron chi connectivity index (χ1n) is 8.58. The summed E-state index contributed by atoms with van der Waals surface area (Å²) < 4.78 is 4.78. The van der Waals surface area contributed by atoms with E-state index in [-0.39, 0.29) is 11.8 Å². The summed E-state index contributed by atoms with van der Waals surface area (Å²) in [5.41, 5.74) is 0.824. The Kier molecular flexibility index (Phi) is 6.34. The molecule has 0 aliphatic carbocycles. The minimum atomic E-state index is -0.747. The number of nitrogens with one attached hydrogen (secondary N) is 1. The molecule has 0 spiro atoms. The third-order valence-corrected chi connectivity index (χ3v) is 4.50. The van der Waals surface area contributed by atoms with Crippen LogP contribution in [0.1, 0.15) is 42.6 Å². The summed E-state index contributed by atoms with van der Waals surface area (Å²) >= 11 is 0. The Morgan fingerprint density at radius 2 is 1.92 bits per heavy atom. The number of nitriles is 1. The van der Waals surface area contributed by atoms with Gasteiger partial charge in [0.05, 0.1) is 18.7 Å². The summed E-state index contributed by atoms with van der Waals surface area (Å²) in [7, 11) is 1.30. The van der Waals surface area contributed by atoms with E-state index in [1.165, 1.54) is 12.0 Å². The second-order valence-electron chi connectivity index (χ2n) is 6.60. The SMILES string of the molecule is COC(=O)[C@@H]1CCCN1C(=O)C(NC(=O)c1ccc(C#N)cc1)C(C)C. The molecule has 0 aromatic heterocycles. The fourth-order valence-electron chi connectivity index (χ4n) is 3.02. The molecule has 1 aliphatic heterocycles. The third kappa shape index (κ3) is 4.20. The maximum atomic E-state index is 12.9. The molecule has 2 amide bonds. The van der Waals surface area contributed by atoms with Gasteiger partial charge in [0, 0.05) is 12.1 Å². The normalized spacial score (nSPS) is 17.5. The van der Waals surface area contributed by atoms with Gasteiger partial charge in [0.2, 0.25) is 5.91 Å². The highest BCUT2D eigenvalue weighted by Gasteiger charge is 2.39. The lowest BCUT2D eigenvalue weighted by molar-refractivity contribution is -0.151. The van der Waals surface area contributed by atoms with Crippen LogP contribution in [0.15, 0.2) is 24.3 Å². The summed E-state index contributed by atoms with van der Waals surface area (Å²) in [5.74, 6) is -1.26. The van der Waals surface area contributed by atoms with Crippen molar-refractivity contribution < 1.29 is 19.1 Å². The second kappa shape index (κ2) is 8.48. The van der Waals surface area contributed by atoms with Gasteiger partial charge in [-0.3, -0.25) is 9.59 Å². The van der Waals surface area contributed by atoms with Crippen LogP contribution in [0.25, 0.3) is 0 Å². The number of ether oxygens (including phenoxy) is 1. The summed E-state index contributed by atoms with van der Waals surface area (Å²) in [5, 5.41) is 11.6. The van der Waals surface area contributed by atoms with Crippen LogP contribution < -0.4 is 5.32 Å². The average molecular weight is 357 g/mol. The van der Waals surface area contributed by atoms with Crippen LogP contribution in [-0.2, 0) is 14.3 Å². The minimum Gasteiger partial charge on any atom is -0.467 e. The molecule has 138 valence electrons. The molecule has 0 bridgehead atoms. The molecule has 2 rings (SSSR count). The van der Waals surface area contributed by atoms with Crippen LogP contribution in [0.5, 0.6) is 0 Å². The van der Waals surface area contributed by atoms with E-state index < -0.39 is 24.0 Å². The average Bonchev–Trinajstić information content (AvgIpc) is 3.14. The van der Waals surface area contributed by atoms with Crippen molar-refractivity contribution in [3.8, 4) is 6.07 Å². The van der Waals surface area contributed by atoms with Gasteiger partial charge < -0.3 is 15.0 Å². The Balaban J connectivity index is 2.14. The molecule has 7 nitrogen and oxygen atoms in total. The number of hydrogen-bond donors (Lipinski definition) is 1. The van der Waals surface area contributed by atoms with Gasteiger partial charge in [0.1, 0.15) is 12.1 Å². The third-order valence-electron chi connectivity index (χ3n) is 4.50. The van der Waals surface area contributed by atoms with E-state index in [0.717, 1.165) is 6.42 Å². The van der Waals surface area contributed by atoms with Gasteiger partial charge in [-0.2, -0.15) is 5.26 Å². The number of nitrogens with zero attached hydrogens (tertiary/aromatic N) is 2. The number of esters is 1. The minimum absolute atomic E-state index is 0.149. The first-order valence-corrected chi connectivity index (χ1v) is 8.58. The Bertz CT molecular complexity index is 721. The lowest BCUT2D eigenvalue weighted by Crippen LogP contribution is -2.53. The van der Waals surface area contributed by atoms with Crippen LogP contribution in [0.3, 0.4) is 0 Å². The Hall–Kier alpha value is -2.88. The molecule has 1 unspecified atom stereocenters. The number of hydrogen-bond acceptors (Lipinski definition) is 5. The quantitative estimate of drug-likeness (QED) is 0.805. The van der Waals surface area contributed by atoms with E-state index in [1.807, 2.05) is 19.9 Å². The van der Waals surface area contributed by atoms with Crippen LogP contribution in [0.4, 0.5) is 0 Å². The lowest BCUT2D eigenvalue weighted by atomic mass is 10.0. The fourth-order valence-corrected chi connectivity index (χ4v) is 3.02. The highest BCUT2D eigenvalue weighted by Crippen LogP contribution is 2.21. The van der Waals surface area contributed by atoms with E-state index in [9.17, 15) is 14.4 Å². The molecule has 1 aromatic rings. The Labute approximate surface area is 152 Å². The molecule has 26 heavy (non-hydrogen) atoms. The molecule has 0 radical (unpaired) electrons. The van der Waals surface area contributed by atoms with Crippen molar-refractivity contribution in [2.75, 3.05) is 13.7 Å². The number of benzene rings is 1. The van der Waals surface area contributed by atoms with E-state index in [1.54, 1.807) is 24.3 Å². The van der Waals surface area contributed by atoms with E-state index >= 15 is 0 Å². The van der Waals surface area contributed by atoms with Gasteiger partial charge in [-0.05, 0) is 43.0 Å². The van der Waals surface area contributed by atoms with Crippen LogP contribution in [-0.4, -0.2) is 48.4 Å². The second-order valence-corrected chi connectivity index (χ2v) is 6.60. The van der Waals surface area contributed by atoms with Gasteiger partial charge in [-0.25, -0.2) is 4.79 Å². The zero-order chi connectivity index (χ0) is 19.3. The van der Waals surface area contributed by atoms with E-state index in [2.05, 4.69) is 5.32 Å². The highest BCUT2D eigenvalue weighted by molar-refractivity contribution is 5.98. The molecule has 2 atom stereocenters. The number of carbonyl (C=O) groups is 3. The van der Waals surface area contributed by atoms with Crippen molar-refractivity contribution in [3.63, 3.8) is 0 Å². The summed E-state index contributed by atoms with van der Waals surface area (Å²) in [6.45, 7) is 4.14. The van der Waals surface area contributed by atoms with Crippen molar-refractivity contribution >= 4 is 17.8 Å². The largest absolute Gasteiger partial charge is 0.467 e. The van der Waals surface area contributed by atoms with Gasteiger partial charge >= 0.3 is 5.97 Å². The maximum Gasteiger partial charge on any atom is 0.328 e. The van der Waals surface area contributed by atoms with Gasteiger partial charge in [-0.1, -0.05) is 13.8 Å². The molecule has 7 heteroatoms. The summed E-state index contributed by atoms with van der Waals surface area (Å²) in [4.78, 5) is 38.8. The molecule has 1 aliphatic rings. The topological polar surface area (TPSA) is 99.5 Å². The highest BCUT2D eigenvalue weighted by atomic mass is 16.5. The molecule has 1 aromatic carbocycles. The molecule has 1 heterocycles. The predicted molar refractivity (Wildman–Crippen MR) is 94.0 cm³/mol. The first kappa shape index (κ1) is 19.4. The first-order chi connectivity index (χ1) is 12.4. The van der Waals surface area contributed by atoms with Crippen molar-refractivity contribution in [1.82, 2.24) is 10.2 Å². The van der Waals surface area contributed by atoms with Gasteiger partial charge in [0.25, 0.3) is 5.91 Å². The Morgan fingerprint density at radius 1 is 1.27 bits per heavy atom. The maximum absolute atomic E-state index is 12.9. The van der Waals surface area contributed by atoms with Crippen molar-refractivity contribution in [2.45, 2.75) is 38.8 Å². The predicted octanol–water partition coefficient (Wildman–Crippen LogP) is 1.48. The van der Waals surface area contributed by atoms with E-state index in [4.69, 9.17) is 10.00 Å². The van der Waals surface area contributed by atoms with Crippen LogP contribution in [0.2, 0.25) is 0 Å². The van der Waals surface area contributed by atoms with Crippen LogP contribution >= 0.6 is 0 Å². The molecular weight excluding hydrogens is 334 g/mol. The number of carbonyl (C=O) groups excluding carboxylic acids is 3. The van der Waals surface area contributed by atoms with Crippen molar-refractivity contribution in [2.24, 2.45) is 5.92 Å². The molecule has 1 saturated heterocycles. The van der Waals surface area contributed by atoms with Gasteiger partial charge in [0.15, 0.2) is 0 Å². The van der Waals surface area contributed by atoms with Crippen LogP contribution in [0, 0.1) is 17.2 Å². The molecule has 1 fully saturated rings. The standard InChI is InChI=1S/C19H23N3O4/c1-12(2)16(18(24)22-10-4-5-15(22)19(25)26-3)21-17(23)14-8-6-13(11-20)7-9-14/h6-9,12,15-16H,4-5,10H2,1-3H3,(H,21,23)/t15-,16?/m0/s1. The van der Waals surface area contributed by atoms with Crippen molar-refractivity contribution in [3.05, 3.63) is 35.4 Å². The lowest BCUT2D eigenvalue weighted by Gasteiger charge is -2.29. The zero-order valence-corrected chi connectivity index (χ0v) is 15.2. The smallest absolute Gasteiger partial charge is 0.328 e. The summed E-state index contributed by atoms with van der Waals surface area (Å²) in [6, 6.07) is 6.84. The molecular formula is C19H23N3O4. The molecule has 0 saturated carbocycles. The van der Waals surface area contributed by atoms with Gasteiger partial charge in [-0.15, -0.1) is 0 Å². The number of amides is 2. The zero-order valence-electron chi connectivity index (χ0n) is 15.2. The number of rotatable bonds is 5. The number of likely N-dealkylation sites (tertiary alicyclic amines) is 1. The van der Waals surface area contributed by atoms with E-state index in [0.29, 0.717) is 24.1 Å². The van der Waals surface area contributed by atoms with Crippen molar-refractivity contribution in [1.29, 1.82) is 5.26 Å². The summed E-state index contributed by atoms with van der Waals surface area (Å²) in [6.07, 6.45) is 1.28. The Morgan fingerprint density at radius 3 is 2.46 bits per heavy atom. The monoisotopic (exact) mass is 357 g/mol.